The summed E-state index contributed by atoms with van der Waals surface area (Å²) in [5.41, 5.74) is 0. The van der Waals surface area contributed by atoms with Crippen molar-refractivity contribution in [2.45, 2.75) is 32.2 Å². The lowest BCUT2D eigenvalue weighted by atomic mass is 10.1. The molecule has 1 aromatic heterocycles. The van der Waals surface area contributed by atoms with E-state index in [1.165, 1.54) is 0 Å². The SMILES string of the molecule is CCCNC(=O)CCC(=O)N1CCNCC1c1nccn1C. The maximum absolute atomic E-state index is 12.5. The van der Waals surface area contributed by atoms with Gasteiger partial charge in [-0.2, -0.15) is 0 Å². The number of nitrogens with one attached hydrogen (secondary N) is 2. The zero-order valence-electron chi connectivity index (χ0n) is 13.3. The highest BCUT2D eigenvalue weighted by atomic mass is 16.2. The smallest absolute Gasteiger partial charge is 0.223 e. The summed E-state index contributed by atoms with van der Waals surface area (Å²) in [4.78, 5) is 30.3. The number of imidazole rings is 1. The van der Waals surface area contributed by atoms with Gasteiger partial charge in [-0.15, -0.1) is 0 Å². The fraction of sp³-hybridized carbons (Fsp3) is 0.667. The number of nitrogens with zero attached hydrogens (tertiary/aromatic N) is 3. The molecule has 1 aromatic rings. The van der Waals surface area contributed by atoms with Gasteiger partial charge in [0.1, 0.15) is 11.9 Å². The fourth-order valence-electron chi connectivity index (χ4n) is 2.65. The minimum Gasteiger partial charge on any atom is -0.356 e. The lowest BCUT2D eigenvalue weighted by Crippen LogP contribution is -2.49. The van der Waals surface area contributed by atoms with Crippen molar-refractivity contribution in [3.8, 4) is 0 Å². The molecule has 0 aliphatic carbocycles. The van der Waals surface area contributed by atoms with E-state index in [-0.39, 0.29) is 30.7 Å². The molecule has 22 heavy (non-hydrogen) atoms. The van der Waals surface area contributed by atoms with Gasteiger partial charge >= 0.3 is 0 Å². The molecule has 0 aromatic carbocycles. The van der Waals surface area contributed by atoms with Crippen molar-refractivity contribution in [2.75, 3.05) is 26.2 Å². The first kappa shape index (κ1) is 16.5. The van der Waals surface area contributed by atoms with E-state index in [4.69, 9.17) is 0 Å². The van der Waals surface area contributed by atoms with Crippen molar-refractivity contribution in [1.29, 1.82) is 0 Å². The van der Waals surface area contributed by atoms with E-state index in [2.05, 4.69) is 15.6 Å². The zero-order valence-corrected chi connectivity index (χ0v) is 13.3. The van der Waals surface area contributed by atoms with E-state index >= 15 is 0 Å². The van der Waals surface area contributed by atoms with Crippen LogP contribution in [-0.4, -0.2) is 52.4 Å². The van der Waals surface area contributed by atoms with Gasteiger partial charge in [0.2, 0.25) is 11.8 Å². The lowest BCUT2D eigenvalue weighted by Gasteiger charge is -2.35. The Kier molecular flexibility index (Phi) is 5.94. The van der Waals surface area contributed by atoms with E-state index in [1.807, 2.05) is 29.6 Å². The summed E-state index contributed by atoms with van der Waals surface area (Å²) in [6.07, 6.45) is 5.01. The molecule has 7 nitrogen and oxygen atoms in total. The molecule has 1 saturated heterocycles. The van der Waals surface area contributed by atoms with Gasteiger partial charge in [-0.1, -0.05) is 6.92 Å². The van der Waals surface area contributed by atoms with E-state index in [1.54, 1.807) is 6.20 Å². The predicted octanol–water partition coefficient (Wildman–Crippen LogP) is 0.199. The van der Waals surface area contributed by atoms with Crippen LogP contribution < -0.4 is 10.6 Å². The van der Waals surface area contributed by atoms with Gasteiger partial charge in [0.15, 0.2) is 0 Å². The van der Waals surface area contributed by atoms with E-state index < -0.39 is 0 Å². The quantitative estimate of drug-likeness (QED) is 0.787. The Hall–Kier alpha value is -1.89. The molecule has 1 atom stereocenters. The summed E-state index contributed by atoms with van der Waals surface area (Å²) in [5.74, 6) is 0.830. The number of aryl methyl sites for hydroxylation is 1. The Morgan fingerprint density at radius 2 is 2.27 bits per heavy atom. The van der Waals surface area contributed by atoms with Crippen molar-refractivity contribution < 1.29 is 9.59 Å². The van der Waals surface area contributed by atoms with Crippen LogP contribution in [0.15, 0.2) is 12.4 Å². The zero-order chi connectivity index (χ0) is 15.9. The number of aromatic nitrogens is 2. The molecule has 0 bridgehead atoms. The average Bonchev–Trinajstić information content (AvgIpc) is 2.96. The molecule has 2 N–H and O–H groups in total. The molecular weight excluding hydrogens is 282 g/mol. The minimum atomic E-state index is -0.0695. The molecule has 0 radical (unpaired) electrons. The Bertz CT molecular complexity index is 514. The van der Waals surface area contributed by atoms with Crippen LogP contribution in [0.5, 0.6) is 0 Å². The first-order valence-corrected chi connectivity index (χ1v) is 7.87. The van der Waals surface area contributed by atoms with Crippen molar-refractivity contribution >= 4 is 11.8 Å². The highest BCUT2D eigenvalue weighted by Gasteiger charge is 2.30. The molecular formula is C15H25N5O2. The topological polar surface area (TPSA) is 79.3 Å². The first-order chi connectivity index (χ1) is 10.6. The summed E-state index contributed by atoms with van der Waals surface area (Å²) in [5, 5.41) is 6.10. The van der Waals surface area contributed by atoms with Crippen LogP contribution in [-0.2, 0) is 16.6 Å². The molecule has 2 rings (SSSR count). The normalized spacial score (nSPS) is 18.3. The van der Waals surface area contributed by atoms with Crippen LogP contribution in [0.1, 0.15) is 38.1 Å². The van der Waals surface area contributed by atoms with Crippen molar-refractivity contribution in [3.05, 3.63) is 18.2 Å². The number of hydrogen-bond donors (Lipinski definition) is 2. The molecule has 2 amide bonds. The Morgan fingerprint density at radius 1 is 1.45 bits per heavy atom. The second-order valence-electron chi connectivity index (χ2n) is 5.55. The van der Waals surface area contributed by atoms with Crippen LogP contribution in [0.4, 0.5) is 0 Å². The number of carbonyl (C=O) groups excluding carboxylic acids is 2. The Morgan fingerprint density at radius 3 is 2.95 bits per heavy atom. The number of amides is 2. The second-order valence-corrected chi connectivity index (χ2v) is 5.55. The summed E-state index contributed by atoms with van der Waals surface area (Å²) in [6, 6.07) is -0.0695. The van der Waals surface area contributed by atoms with E-state index in [0.29, 0.717) is 19.6 Å². The first-order valence-electron chi connectivity index (χ1n) is 7.87. The summed E-state index contributed by atoms with van der Waals surface area (Å²) in [7, 11) is 1.93. The van der Waals surface area contributed by atoms with Crippen LogP contribution >= 0.6 is 0 Å². The van der Waals surface area contributed by atoms with Gasteiger partial charge in [-0.3, -0.25) is 9.59 Å². The van der Waals surface area contributed by atoms with Gasteiger partial charge in [0.25, 0.3) is 0 Å². The third-order valence-electron chi connectivity index (χ3n) is 3.86. The summed E-state index contributed by atoms with van der Waals surface area (Å²) >= 11 is 0. The van der Waals surface area contributed by atoms with Crippen LogP contribution in [0.3, 0.4) is 0 Å². The Balaban J connectivity index is 1.94. The largest absolute Gasteiger partial charge is 0.356 e. The molecule has 1 aliphatic rings. The fourth-order valence-corrected chi connectivity index (χ4v) is 2.65. The average molecular weight is 307 g/mol. The molecule has 2 heterocycles. The van der Waals surface area contributed by atoms with Gasteiger partial charge in [-0.05, 0) is 6.42 Å². The standard InChI is InChI=1S/C15H25N5O2/c1-3-6-17-13(21)4-5-14(22)20-10-7-16-11-12(20)15-18-8-9-19(15)2/h8-9,12,16H,3-7,10-11H2,1-2H3,(H,17,21). The number of rotatable bonds is 6. The molecule has 1 aliphatic heterocycles. The summed E-state index contributed by atoms with van der Waals surface area (Å²) < 4.78 is 1.94. The molecule has 0 spiro atoms. The van der Waals surface area contributed by atoms with Crippen LogP contribution in [0.25, 0.3) is 0 Å². The van der Waals surface area contributed by atoms with Gasteiger partial charge in [0, 0.05) is 58.5 Å². The summed E-state index contributed by atoms with van der Waals surface area (Å²) in [6.45, 7) is 4.78. The number of piperazine rings is 1. The van der Waals surface area contributed by atoms with Gasteiger partial charge < -0.3 is 20.1 Å². The second kappa shape index (κ2) is 7.93. The lowest BCUT2D eigenvalue weighted by molar-refractivity contribution is -0.136. The monoisotopic (exact) mass is 307 g/mol. The van der Waals surface area contributed by atoms with Crippen molar-refractivity contribution in [1.82, 2.24) is 25.1 Å². The van der Waals surface area contributed by atoms with Crippen LogP contribution in [0.2, 0.25) is 0 Å². The van der Waals surface area contributed by atoms with Crippen LogP contribution in [0, 0.1) is 0 Å². The third kappa shape index (κ3) is 4.07. The highest BCUT2D eigenvalue weighted by Crippen LogP contribution is 2.21. The third-order valence-corrected chi connectivity index (χ3v) is 3.86. The highest BCUT2D eigenvalue weighted by molar-refractivity contribution is 5.84. The molecule has 0 saturated carbocycles. The van der Waals surface area contributed by atoms with E-state index in [9.17, 15) is 9.59 Å². The number of hydrogen-bond acceptors (Lipinski definition) is 4. The van der Waals surface area contributed by atoms with Gasteiger partial charge in [-0.25, -0.2) is 4.98 Å². The van der Waals surface area contributed by atoms with E-state index in [0.717, 1.165) is 18.8 Å². The molecule has 7 heteroatoms. The minimum absolute atomic E-state index is 0.0150. The maximum atomic E-state index is 12.5. The predicted molar refractivity (Wildman–Crippen MR) is 83.1 cm³/mol. The Labute approximate surface area is 131 Å². The van der Waals surface area contributed by atoms with Gasteiger partial charge in [0.05, 0.1) is 0 Å². The number of carbonyl (C=O) groups is 2. The van der Waals surface area contributed by atoms with Crippen molar-refractivity contribution in [3.63, 3.8) is 0 Å². The van der Waals surface area contributed by atoms with Crippen molar-refractivity contribution in [2.24, 2.45) is 7.05 Å². The molecule has 1 fully saturated rings. The molecule has 1 unspecified atom stereocenters. The molecule has 122 valence electrons. The maximum Gasteiger partial charge on any atom is 0.223 e.